The predicted molar refractivity (Wildman–Crippen MR) is 55.4 cm³/mol. The quantitative estimate of drug-likeness (QED) is 0.657. The van der Waals surface area contributed by atoms with Crippen molar-refractivity contribution < 1.29 is 14.3 Å². The molecule has 0 saturated carbocycles. The van der Waals surface area contributed by atoms with Gasteiger partial charge in [0.25, 0.3) is 0 Å². The Morgan fingerprint density at radius 2 is 2.13 bits per heavy atom. The second kappa shape index (κ2) is 4.63. The van der Waals surface area contributed by atoms with Gasteiger partial charge in [0.1, 0.15) is 11.6 Å². The van der Waals surface area contributed by atoms with E-state index in [1.54, 1.807) is 13.8 Å². The van der Waals surface area contributed by atoms with Crippen LogP contribution in [0.1, 0.15) is 13.8 Å². The van der Waals surface area contributed by atoms with Crippen LogP contribution in [-0.2, 0) is 0 Å². The molecule has 0 heterocycles. The Hall–Kier alpha value is -1.78. The molecular formula is C10H13FN2O2. The summed E-state index contributed by atoms with van der Waals surface area (Å²) >= 11 is 0. The summed E-state index contributed by atoms with van der Waals surface area (Å²) in [6.45, 7) is 3.60. The minimum absolute atomic E-state index is 0.0230. The molecule has 0 aliphatic rings. The van der Waals surface area contributed by atoms with Crippen LogP contribution in [0.2, 0.25) is 0 Å². The van der Waals surface area contributed by atoms with Crippen LogP contribution < -0.4 is 10.6 Å². The lowest BCUT2D eigenvalue weighted by molar-refractivity contribution is 0.250. The Labute approximate surface area is 87.1 Å². The average Bonchev–Trinajstić information content (AvgIpc) is 2.08. The number of rotatable bonds is 2. The highest BCUT2D eigenvalue weighted by Crippen LogP contribution is 2.18. The van der Waals surface area contributed by atoms with Crippen molar-refractivity contribution in [1.82, 2.24) is 5.32 Å². The van der Waals surface area contributed by atoms with Crippen molar-refractivity contribution in [1.29, 1.82) is 0 Å². The summed E-state index contributed by atoms with van der Waals surface area (Å²) in [5, 5.41) is 13.8. The number of carbonyl (C=O) groups is 1. The number of aromatic hydroxyl groups is 1. The second-order valence-corrected chi connectivity index (χ2v) is 3.42. The highest BCUT2D eigenvalue weighted by Gasteiger charge is 2.07. The predicted octanol–water partition coefficient (Wildman–Crippen LogP) is 2.06. The fraction of sp³-hybridized carbons (Fsp3) is 0.300. The maximum absolute atomic E-state index is 13.1. The van der Waals surface area contributed by atoms with E-state index in [1.165, 1.54) is 12.1 Å². The van der Waals surface area contributed by atoms with Gasteiger partial charge in [0, 0.05) is 12.1 Å². The zero-order valence-corrected chi connectivity index (χ0v) is 8.54. The van der Waals surface area contributed by atoms with Crippen molar-refractivity contribution in [3.05, 3.63) is 24.0 Å². The largest absolute Gasteiger partial charge is 0.508 e. The lowest BCUT2D eigenvalue weighted by Crippen LogP contribution is -2.34. The van der Waals surface area contributed by atoms with E-state index in [4.69, 9.17) is 5.11 Å². The molecule has 4 nitrogen and oxygen atoms in total. The maximum atomic E-state index is 13.1. The number of nitrogens with one attached hydrogen (secondary N) is 2. The molecule has 1 rings (SSSR count). The van der Waals surface area contributed by atoms with Gasteiger partial charge in [-0.1, -0.05) is 0 Å². The Bertz CT molecular complexity index is 366. The van der Waals surface area contributed by atoms with Gasteiger partial charge in [0.2, 0.25) is 0 Å². The number of urea groups is 1. The number of amides is 2. The normalized spacial score (nSPS) is 10.1. The number of anilines is 1. The Morgan fingerprint density at radius 3 is 2.67 bits per heavy atom. The van der Waals surface area contributed by atoms with E-state index in [0.29, 0.717) is 0 Å². The topological polar surface area (TPSA) is 61.4 Å². The number of phenols is 1. The first-order chi connectivity index (χ1) is 6.99. The molecule has 0 fully saturated rings. The SMILES string of the molecule is CC(C)NC(=O)Nc1ccc(O)cc1F. The fourth-order valence-corrected chi connectivity index (χ4v) is 1.03. The minimum Gasteiger partial charge on any atom is -0.508 e. The van der Waals surface area contributed by atoms with Crippen LogP contribution >= 0.6 is 0 Å². The van der Waals surface area contributed by atoms with E-state index < -0.39 is 11.8 Å². The summed E-state index contributed by atoms with van der Waals surface area (Å²) in [5.74, 6) is -0.851. The molecule has 3 N–H and O–H groups in total. The standard InChI is InChI=1S/C10H13FN2O2/c1-6(2)12-10(15)13-9-4-3-7(14)5-8(9)11/h3-6,14H,1-2H3,(H2,12,13,15). The molecular weight excluding hydrogens is 199 g/mol. The van der Waals surface area contributed by atoms with Gasteiger partial charge in [-0.15, -0.1) is 0 Å². The van der Waals surface area contributed by atoms with Crippen LogP contribution in [0, 0.1) is 5.82 Å². The molecule has 0 aliphatic carbocycles. The van der Waals surface area contributed by atoms with Crippen molar-refractivity contribution in [3.8, 4) is 5.75 Å². The number of hydrogen-bond acceptors (Lipinski definition) is 2. The number of hydrogen-bond donors (Lipinski definition) is 3. The minimum atomic E-state index is -0.672. The Kier molecular flexibility index (Phi) is 3.49. The second-order valence-electron chi connectivity index (χ2n) is 3.42. The zero-order chi connectivity index (χ0) is 11.4. The molecule has 0 aromatic heterocycles. The molecule has 0 saturated heterocycles. The van der Waals surface area contributed by atoms with Crippen LogP contribution in [0.3, 0.4) is 0 Å². The third-order valence-corrected chi connectivity index (χ3v) is 1.62. The molecule has 0 unspecified atom stereocenters. The molecule has 1 aromatic carbocycles. The lowest BCUT2D eigenvalue weighted by atomic mass is 10.3. The van der Waals surface area contributed by atoms with Crippen molar-refractivity contribution >= 4 is 11.7 Å². The van der Waals surface area contributed by atoms with Crippen molar-refractivity contribution in [2.24, 2.45) is 0 Å². The van der Waals surface area contributed by atoms with Gasteiger partial charge in [0.05, 0.1) is 5.69 Å². The van der Waals surface area contributed by atoms with Crippen LogP contribution in [-0.4, -0.2) is 17.2 Å². The fourth-order valence-electron chi connectivity index (χ4n) is 1.03. The first-order valence-electron chi connectivity index (χ1n) is 4.55. The lowest BCUT2D eigenvalue weighted by Gasteiger charge is -2.10. The van der Waals surface area contributed by atoms with Gasteiger partial charge in [-0.05, 0) is 26.0 Å². The molecule has 0 atom stereocenters. The molecule has 82 valence electrons. The molecule has 0 spiro atoms. The number of carbonyl (C=O) groups excluding carboxylic acids is 1. The van der Waals surface area contributed by atoms with E-state index in [9.17, 15) is 9.18 Å². The van der Waals surface area contributed by atoms with Crippen molar-refractivity contribution in [3.63, 3.8) is 0 Å². The molecule has 0 aliphatic heterocycles. The third kappa shape index (κ3) is 3.46. The van der Waals surface area contributed by atoms with E-state index >= 15 is 0 Å². The van der Waals surface area contributed by atoms with Gasteiger partial charge in [-0.25, -0.2) is 9.18 Å². The van der Waals surface area contributed by atoms with Crippen molar-refractivity contribution in [2.45, 2.75) is 19.9 Å². The first kappa shape index (κ1) is 11.3. The van der Waals surface area contributed by atoms with E-state index in [0.717, 1.165) is 6.07 Å². The zero-order valence-electron chi connectivity index (χ0n) is 8.54. The van der Waals surface area contributed by atoms with Crippen molar-refractivity contribution in [2.75, 3.05) is 5.32 Å². The molecule has 0 bridgehead atoms. The smallest absolute Gasteiger partial charge is 0.319 e. The van der Waals surface area contributed by atoms with Gasteiger partial charge in [-0.3, -0.25) is 0 Å². The van der Waals surface area contributed by atoms with E-state index in [-0.39, 0.29) is 17.5 Å². The summed E-state index contributed by atoms with van der Waals surface area (Å²) in [4.78, 5) is 11.2. The third-order valence-electron chi connectivity index (χ3n) is 1.62. The summed E-state index contributed by atoms with van der Waals surface area (Å²) < 4.78 is 13.1. The van der Waals surface area contributed by atoms with Crippen LogP contribution in [0.25, 0.3) is 0 Å². The number of benzene rings is 1. The maximum Gasteiger partial charge on any atom is 0.319 e. The van der Waals surface area contributed by atoms with Gasteiger partial charge >= 0.3 is 6.03 Å². The molecule has 0 radical (unpaired) electrons. The summed E-state index contributed by atoms with van der Waals surface area (Å²) in [5.41, 5.74) is 0.0333. The van der Waals surface area contributed by atoms with Crippen LogP contribution in [0.5, 0.6) is 5.75 Å². The molecule has 1 aromatic rings. The molecule has 2 amide bonds. The monoisotopic (exact) mass is 212 g/mol. The van der Waals surface area contributed by atoms with E-state index in [1.807, 2.05) is 0 Å². The van der Waals surface area contributed by atoms with Crippen LogP contribution in [0.15, 0.2) is 18.2 Å². The number of phenolic OH excluding ortho intramolecular Hbond substituents is 1. The van der Waals surface area contributed by atoms with Crippen LogP contribution in [0.4, 0.5) is 14.9 Å². The highest BCUT2D eigenvalue weighted by molar-refractivity contribution is 5.89. The van der Waals surface area contributed by atoms with E-state index in [2.05, 4.69) is 10.6 Å². The van der Waals surface area contributed by atoms with Gasteiger partial charge in [0.15, 0.2) is 0 Å². The Morgan fingerprint density at radius 1 is 1.47 bits per heavy atom. The average molecular weight is 212 g/mol. The summed E-state index contributed by atoms with van der Waals surface area (Å²) in [7, 11) is 0. The highest BCUT2D eigenvalue weighted by atomic mass is 19.1. The molecule has 15 heavy (non-hydrogen) atoms. The first-order valence-corrected chi connectivity index (χ1v) is 4.55. The van der Waals surface area contributed by atoms with Gasteiger partial charge in [-0.2, -0.15) is 0 Å². The Balaban J connectivity index is 2.68. The molecule has 5 heteroatoms. The summed E-state index contributed by atoms with van der Waals surface area (Å²) in [6.07, 6.45) is 0. The summed E-state index contributed by atoms with van der Waals surface area (Å²) in [6, 6.07) is 3.03. The van der Waals surface area contributed by atoms with Gasteiger partial charge < -0.3 is 15.7 Å². The number of halogens is 1.